The summed E-state index contributed by atoms with van der Waals surface area (Å²) in [5.41, 5.74) is 3.16. The van der Waals surface area contributed by atoms with Crippen LogP contribution in [0.25, 0.3) is 0 Å². The van der Waals surface area contributed by atoms with Crippen molar-refractivity contribution >= 4 is 43.5 Å². The van der Waals surface area contributed by atoms with Gasteiger partial charge in [0.1, 0.15) is 12.6 Å². The van der Waals surface area contributed by atoms with Crippen LogP contribution in [0.2, 0.25) is 0 Å². The zero-order chi connectivity index (χ0) is 26.3. The smallest absolute Gasteiger partial charge is 0.244 e. The fraction of sp³-hybridized carbons (Fsp3) is 0.259. The lowest BCUT2D eigenvalue weighted by Gasteiger charge is -2.33. The Kier molecular flexibility index (Phi) is 9.28. The number of aryl methyl sites for hydroxylation is 1. The number of likely N-dealkylation sites (N-methyl/N-ethyl adjacent to an activating group) is 1. The van der Waals surface area contributed by atoms with Crippen molar-refractivity contribution in [3.8, 4) is 0 Å². The molecular formula is C27H30BrN3O4S. The topological polar surface area (TPSA) is 86.8 Å². The quantitative estimate of drug-likeness (QED) is 0.399. The molecule has 0 bridgehead atoms. The molecule has 2 amide bonds. The first kappa shape index (κ1) is 27.4. The Labute approximate surface area is 221 Å². The molecule has 0 saturated heterocycles. The maximum Gasteiger partial charge on any atom is 0.244 e. The van der Waals surface area contributed by atoms with Gasteiger partial charge >= 0.3 is 0 Å². The van der Waals surface area contributed by atoms with E-state index in [-0.39, 0.29) is 18.9 Å². The van der Waals surface area contributed by atoms with Crippen LogP contribution >= 0.6 is 15.9 Å². The normalized spacial score (nSPS) is 12.0. The molecule has 0 radical (unpaired) electrons. The van der Waals surface area contributed by atoms with Crippen LogP contribution in [0.1, 0.15) is 16.7 Å². The summed E-state index contributed by atoms with van der Waals surface area (Å²) in [4.78, 5) is 28.3. The number of hydrogen-bond donors (Lipinski definition) is 1. The van der Waals surface area contributed by atoms with Crippen LogP contribution in [0.5, 0.6) is 0 Å². The first-order valence-corrected chi connectivity index (χ1v) is 14.1. The molecule has 36 heavy (non-hydrogen) atoms. The van der Waals surface area contributed by atoms with E-state index < -0.39 is 28.5 Å². The van der Waals surface area contributed by atoms with Crippen LogP contribution in [0.3, 0.4) is 0 Å². The largest absolute Gasteiger partial charge is 0.357 e. The highest BCUT2D eigenvalue weighted by molar-refractivity contribution is 9.10. The Morgan fingerprint density at radius 2 is 1.53 bits per heavy atom. The second kappa shape index (κ2) is 12.2. The van der Waals surface area contributed by atoms with Crippen LogP contribution in [0, 0.1) is 6.92 Å². The highest BCUT2D eigenvalue weighted by Gasteiger charge is 2.32. The van der Waals surface area contributed by atoms with Crippen molar-refractivity contribution in [2.24, 2.45) is 0 Å². The van der Waals surface area contributed by atoms with Gasteiger partial charge in [0, 0.05) is 24.5 Å². The van der Waals surface area contributed by atoms with Crippen molar-refractivity contribution in [3.05, 3.63) is 100 Å². The molecule has 1 atom stereocenters. The Morgan fingerprint density at radius 3 is 2.08 bits per heavy atom. The summed E-state index contributed by atoms with van der Waals surface area (Å²) in [5.74, 6) is -0.803. The number of rotatable bonds is 10. The van der Waals surface area contributed by atoms with Gasteiger partial charge in [0.25, 0.3) is 0 Å². The lowest BCUT2D eigenvalue weighted by molar-refractivity contribution is -0.139. The minimum atomic E-state index is -3.78. The maximum atomic E-state index is 13.8. The van der Waals surface area contributed by atoms with E-state index in [0.717, 1.165) is 31.7 Å². The average molecular weight is 573 g/mol. The number of benzene rings is 3. The highest BCUT2D eigenvalue weighted by atomic mass is 79.9. The predicted octanol–water partition coefficient (Wildman–Crippen LogP) is 3.91. The number of sulfonamides is 1. The molecule has 3 aromatic rings. The summed E-state index contributed by atoms with van der Waals surface area (Å²) >= 11 is 3.35. The number of carbonyl (C=O) groups is 2. The molecule has 0 aliphatic heterocycles. The monoisotopic (exact) mass is 571 g/mol. The Morgan fingerprint density at radius 1 is 0.917 bits per heavy atom. The van der Waals surface area contributed by atoms with Gasteiger partial charge in [-0.25, -0.2) is 8.42 Å². The molecule has 190 valence electrons. The molecule has 9 heteroatoms. The van der Waals surface area contributed by atoms with Crippen LogP contribution in [-0.2, 0) is 32.6 Å². The van der Waals surface area contributed by atoms with Crippen molar-refractivity contribution < 1.29 is 18.0 Å². The van der Waals surface area contributed by atoms with E-state index in [1.165, 1.54) is 11.9 Å². The third-order valence-corrected chi connectivity index (χ3v) is 7.45. The van der Waals surface area contributed by atoms with Gasteiger partial charge in [-0.15, -0.1) is 0 Å². The fourth-order valence-electron chi connectivity index (χ4n) is 3.83. The highest BCUT2D eigenvalue weighted by Crippen LogP contribution is 2.22. The number of nitrogens with zero attached hydrogens (tertiary/aromatic N) is 2. The fourth-order valence-corrected chi connectivity index (χ4v) is 4.95. The molecule has 0 saturated carbocycles. The van der Waals surface area contributed by atoms with Gasteiger partial charge in [-0.2, -0.15) is 0 Å². The summed E-state index contributed by atoms with van der Waals surface area (Å²) in [5, 5.41) is 2.67. The summed E-state index contributed by atoms with van der Waals surface area (Å²) < 4.78 is 27.2. The van der Waals surface area contributed by atoms with Crippen LogP contribution in [-0.4, -0.2) is 51.0 Å². The first-order valence-electron chi connectivity index (χ1n) is 11.4. The second-order valence-electron chi connectivity index (χ2n) is 8.57. The van der Waals surface area contributed by atoms with E-state index in [4.69, 9.17) is 0 Å². The lowest BCUT2D eigenvalue weighted by Crippen LogP contribution is -2.52. The van der Waals surface area contributed by atoms with Crippen LogP contribution < -0.4 is 9.62 Å². The number of anilines is 1. The molecule has 0 heterocycles. The second-order valence-corrected chi connectivity index (χ2v) is 11.4. The molecular weight excluding hydrogens is 542 g/mol. The predicted molar refractivity (Wildman–Crippen MR) is 146 cm³/mol. The molecule has 0 aliphatic rings. The molecule has 0 fully saturated rings. The zero-order valence-corrected chi connectivity index (χ0v) is 22.9. The van der Waals surface area contributed by atoms with Gasteiger partial charge in [-0.3, -0.25) is 13.9 Å². The molecule has 1 N–H and O–H groups in total. The van der Waals surface area contributed by atoms with E-state index in [2.05, 4.69) is 21.2 Å². The van der Waals surface area contributed by atoms with Gasteiger partial charge in [-0.1, -0.05) is 76.1 Å². The molecule has 0 aromatic heterocycles. The number of hydrogen-bond acceptors (Lipinski definition) is 4. The van der Waals surface area contributed by atoms with E-state index in [1.807, 2.05) is 61.5 Å². The Bertz CT molecular complexity index is 1280. The van der Waals surface area contributed by atoms with Gasteiger partial charge in [-0.05, 0) is 42.3 Å². The van der Waals surface area contributed by atoms with Gasteiger partial charge in [0.15, 0.2) is 0 Å². The molecule has 3 rings (SSSR count). The minimum Gasteiger partial charge on any atom is -0.357 e. The van der Waals surface area contributed by atoms with Crippen molar-refractivity contribution in [1.82, 2.24) is 10.2 Å². The zero-order valence-electron chi connectivity index (χ0n) is 20.5. The summed E-state index contributed by atoms with van der Waals surface area (Å²) in [7, 11) is -2.25. The van der Waals surface area contributed by atoms with E-state index in [1.54, 1.807) is 24.3 Å². The van der Waals surface area contributed by atoms with E-state index in [9.17, 15) is 18.0 Å². The lowest BCUT2D eigenvalue weighted by atomic mass is 10.0. The standard InChI is InChI=1S/C27H30BrN3O4S/c1-20-9-11-22(12-10-20)18-30(25(27(33)29-2)17-21-7-5-4-6-8-21)26(32)19-31(36(3,34)35)24-15-13-23(28)14-16-24/h4-16,25H,17-19H2,1-3H3,(H,29,33)/t25-/m0/s1. The van der Waals surface area contributed by atoms with Gasteiger partial charge in [0.05, 0.1) is 11.9 Å². The number of amides is 2. The third kappa shape index (κ3) is 7.41. The molecule has 0 unspecified atom stereocenters. The molecule has 3 aromatic carbocycles. The molecule has 7 nitrogen and oxygen atoms in total. The minimum absolute atomic E-state index is 0.155. The van der Waals surface area contributed by atoms with Crippen molar-refractivity contribution in [2.45, 2.75) is 25.9 Å². The van der Waals surface area contributed by atoms with Crippen LogP contribution in [0.15, 0.2) is 83.3 Å². The van der Waals surface area contributed by atoms with Crippen LogP contribution in [0.4, 0.5) is 5.69 Å². The van der Waals surface area contributed by atoms with Crippen molar-refractivity contribution in [2.75, 3.05) is 24.2 Å². The van der Waals surface area contributed by atoms with Gasteiger partial charge < -0.3 is 10.2 Å². The molecule has 0 spiro atoms. The SMILES string of the molecule is CNC(=O)[C@H](Cc1ccccc1)N(Cc1ccc(C)cc1)C(=O)CN(c1ccc(Br)cc1)S(C)(=O)=O. The first-order chi connectivity index (χ1) is 17.1. The average Bonchev–Trinajstić information content (AvgIpc) is 2.86. The Balaban J connectivity index is 2.00. The van der Waals surface area contributed by atoms with E-state index in [0.29, 0.717) is 5.69 Å². The number of nitrogens with one attached hydrogen (secondary N) is 1. The maximum absolute atomic E-state index is 13.8. The Hall–Kier alpha value is -3.17. The summed E-state index contributed by atoms with van der Waals surface area (Å²) in [6, 6.07) is 23.0. The summed E-state index contributed by atoms with van der Waals surface area (Å²) in [6.45, 7) is 1.69. The van der Waals surface area contributed by atoms with Crippen molar-refractivity contribution in [1.29, 1.82) is 0 Å². The van der Waals surface area contributed by atoms with Gasteiger partial charge in [0.2, 0.25) is 21.8 Å². The molecule has 0 aliphatic carbocycles. The summed E-state index contributed by atoms with van der Waals surface area (Å²) in [6.07, 6.45) is 1.35. The van der Waals surface area contributed by atoms with E-state index >= 15 is 0 Å². The van der Waals surface area contributed by atoms with Crippen molar-refractivity contribution in [3.63, 3.8) is 0 Å². The number of halogens is 1. The number of carbonyl (C=O) groups excluding carboxylic acids is 2. The third-order valence-electron chi connectivity index (χ3n) is 5.78.